The van der Waals surface area contributed by atoms with Gasteiger partial charge in [-0.3, -0.25) is 4.98 Å². The van der Waals surface area contributed by atoms with Crippen LogP contribution in [0.4, 0.5) is 13.2 Å². The third kappa shape index (κ3) is 4.68. The molecular weight excluding hydrogens is 467 g/mol. The number of alkyl halides is 3. The summed E-state index contributed by atoms with van der Waals surface area (Å²) in [5.74, 6) is -1.15. The van der Waals surface area contributed by atoms with Crippen molar-refractivity contribution in [2.75, 3.05) is 14.2 Å². The van der Waals surface area contributed by atoms with E-state index in [0.29, 0.717) is 27.6 Å². The molecule has 0 atom stereocenters. The van der Waals surface area contributed by atoms with E-state index in [-0.39, 0.29) is 36.0 Å². The summed E-state index contributed by atoms with van der Waals surface area (Å²) in [6, 6.07) is 7.41. The maximum absolute atomic E-state index is 12.9. The molecule has 0 aliphatic heterocycles. The molecule has 3 rings (SSSR count). The van der Waals surface area contributed by atoms with Crippen LogP contribution in [-0.4, -0.2) is 43.3 Å². The van der Waals surface area contributed by atoms with Gasteiger partial charge in [-0.1, -0.05) is 0 Å². The van der Waals surface area contributed by atoms with E-state index in [1.807, 2.05) is 0 Å². The van der Waals surface area contributed by atoms with Crippen LogP contribution in [0.1, 0.15) is 16.8 Å². The number of benzene rings is 2. The minimum atomic E-state index is -5.97. The number of pyridine rings is 1. The normalized spacial score (nSPS) is 12.1. The Morgan fingerprint density at radius 1 is 0.939 bits per heavy atom. The highest BCUT2D eigenvalue weighted by Crippen LogP contribution is 2.43. The Kier molecular flexibility index (Phi) is 6.73. The summed E-state index contributed by atoms with van der Waals surface area (Å²) >= 11 is 0. The molecule has 2 aromatic carbocycles. The van der Waals surface area contributed by atoms with Crippen LogP contribution >= 0.6 is 0 Å². The van der Waals surface area contributed by atoms with Gasteiger partial charge in [0, 0.05) is 16.6 Å². The first-order valence-corrected chi connectivity index (χ1v) is 10.8. The van der Waals surface area contributed by atoms with E-state index in [1.165, 1.54) is 13.2 Å². The number of hydrogen-bond donors (Lipinski definition) is 2. The second-order valence-corrected chi connectivity index (χ2v) is 8.48. The molecule has 0 spiro atoms. The number of halogens is 3. The molecule has 0 fully saturated rings. The number of fused-ring (bicyclic) bond motifs is 1. The van der Waals surface area contributed by atoms with Crippen molar-refractivity contribution < 1.29 is 45.5 Å². The number of aliphatic hydroxyl groups is 2. The van der Waals surface area contributed by atoms with Gasteiger partial charge in [0.1, 0.15) is 0 Å². The molecule has 12 heteroatoms. The molecule has 0 radical (unpaired) electrons. The van der Waals surface area contributed by atoms with Crippen molar-refractivity contribution in [2.45, 2.75) is 25.6 Å². The zero-order valence-electron chi connectivity index (χ0n) is 17.7. The molecule has 178 valence electrons. The zero-order chi connectivity index (χ0) is 24.6. The van der Waals surface area contributed by atoms with Crippen molar-refractivity contribution in [3.05, 3.63) is 47.2 Å². The fourth-order valence-corrected chi connectivity index (χ4v) is 3.76. The fraction of sp³-hybridized carbons (Fsp3) is 0.286. The van der Waals surface area contributed by atoms with Crippen LogP contribution in [0, 0.1) is 6.92 Å². The Morgan fingerprint density at radius 3 is 2.09 bits per heavy atom. The zero-order valence-corrected chi connectivity index (χ0v) is 18.5. The van der Waals surface area contributed by atoms with Crippen molar-refractivity contribution in [1.82, 2.24) is 4.98 Å². The van der Waals surface area contributed by atoms with Crippen molar-refractivity contribution in [1.29, 1.82) is 0 Å². The first-order valence-electron chi connectivity index (χ1n) is 9.37. The van der Waals surface area contributed by atoms with Crippen LogP contribution in [0.25, 0.3) is 22.0 Å². The number of aliphatic hydroxyl groups excluding tert-OH is 2. The number of nitrogens with zero attached hydrogens (tertiary/aromatic N) is 1. The molecule has 0 bridgehead atoms. The quantitative estimate of drug-likeness (QED) is 0.385. The van der Waals surface area contributed by atoms with Crippen LogP contribution in [0.15, 0.2) is 30.3 Å². The minimum absolute atomic E-state index is 0.0754. The molecule has 1 aromatic heterocycles. The summed E-state index contributed by atoms with van der Waals surface area (Å²) < 4.78 is 76.3. The number of rotatable bonds is 7. The SMILES string of the molecule is COc1cc(-c2cc3cc(CO)c(CO)cc3c(C)n2)cc(OS(=O)(=O)C(F)(F)F)c1OC. The summed E-state index contributed by atoms with van der Waals surface area (Å²) in [6.07, 6.45) is 0. The van der Waals surface area contributed by atoms with Crippen LogP contribution < -0.4 is 13.7 Å². The smallest absolute Gasteiger partial charge is 0.493 e. The van der Waals surface area contributed by atoms with Gasteiger partial charge < -0.3 is 23.9 Å². The van der Waals surface area contributed by atoms with Gasteiger partial charge in [0.25, 0.3) is 0 Å². The van der Waals surface area contributed by atoms with E-state index in [1.54, 1.807) is 25.1 Å². The Balaban J connectivity index is 2.24. The van der Waals surface area contributed by atoms with Gasteiger partial charge in [0.05, 0.1) is 33.1 Å². The molecule has 33 heavy (non-hydrogen) atoms. The predicted molar refractivity (Wildman–Crippen MR) is 112 cm³/mol. The average Bonchev–Trinajstić information content (AvgIpc) is 2.76. The van der Waals surface area contributed by atoms with Gasteiger partial charge >= 0.3 is 15.6 Å². The number of hydrogen-bond acceptors (Lipinski definition) is 8. The van der Waals surface area contributed by atoms with E-state index in [9.17, 15) is 31.8 Å². The minimum Gasteiger partial charge on any atom is -0.493 e. The van der Waals surface area contributed by atoms with E-state index in [0.717, 1.165) is 13.2 Å². The first kappa shape index (κ1) is 24.6. The monoisotopic (exact) mass is 487 g/mol. The van der Waals surface area contributed by atoms with Gasteiger partial charge in [-0.15, -0.1) is 0 Å². The molecule has 0 aliphatic rings. The summed E-state index contributed by atoms with van der Waals surface area (Å²) in [5.41, 5.74) is -3.63. The third-order valence-corrected chi connectivity index (χ3v) is 5.87. The van der Waals surface area contributed by atoms with E-state index < -0.39 is 21.4 Å². The predicted octanol–water partition coefficient (Wildman–Crippen LogP) is 3.44. The third-order valence-electron chi connectivity index (χ3n) is 4.91. The molecule has 0 unspecified atom stereocenters. The Morgan fingerprint density at radius 2 is 1.55 bits per heavy atom. The molecule has 0 saturated carbocycles. The summed E-state index contributed by atoms with van der Waals surface area (Å²) in [5, 5.41) is 20.4. The molecule has 1 heterocycles. The van der Waals surface area contributed by atoms with Crippen molar-refractivity contribution in [2.24, 2.45) is 0 Å². The molecular formula is C21H20F3NO7S. The lowest BCUT2D eigenvalue weighted by molar-refractivity contribution is -0.0500. The largest absolute Gasteiger partial charge is 0.534 e. The summed E-state index contributed by atoms with van der Waals surface area (Å²) in [4.78, 5) is 4.45. The molecule has 0 aliphatic carbocycles. The van der Waals surface area contributed by atoms with Crippen LogP contribution in [0.2, 0.25) is 0 Å². The maximum Gasteiger partial charge on any atom is 0.534 e. The molecule has 0 saturated heterocycles. The number of aryl methyl sites for hydroxylation is 1. The highest BCUT2D eigenvalue weighted by molar-refractivity contribution is 7.88. The average molecular weight is 487 g/mol. The van der Waals surface area contributed by atoms with Gasteiger partial charge in [-0.2, -0.15) is 21.6 Å². The summed E-state index contributed by atoms with van der Waals surface area (Å²) in [6.45, 7) is 1.10. The standard InChI is InChI=1S/C21H20F3NO7S/c1-11-16-5-15(10-27)14(9-26)4-12(16)6-17(25-11)13-7-18(30-2)20(31-3)19(8-13)32-33(28,29)21(22,23)24/h4-8,26-27H,9-10H2,1-3H3. The van der Waals surface area contributed by atoms with Gasteiger partial charge in [-0.05, 0) is 53.8 Å². The van der Waals surface area contributed by atoms with Crippen molar-refractivity contribution >= 4 is 20.9 Å². The highest BCUT2D eigenvalue weighted by atomic mass is 32.2. The molecule has 8 nitrogen and oxygen atoms in total. The Bertz CT molecular complexity index is 1310. The van der Waals surface area contributed by atoms with Crippen molar-refractivity contribution in [3.63, 3.8) is 0 Å². The maximum atomic E-state index is 12.9. The van der Waals surface area contributed by atoms with Crippen molar-refractivity contribution in [3.8, 4) is 28.5 Å². The van der Waals surface area contributed by atoms with Crippen LogP contribution in [0.5, 0.6) is 17.2 Å². The van der Waals surface area contributed by atoms with Crippen LogP contribution in [0.3, 0.4) is 0 Å². The molecule has 2 N–H and O–H groups in total. The first-order chi connectivity index (χ1) is 15.4. The van der Waals surface area contributed by atoms with E-state index in [4.69, 9.17) is 9.47 Å². The second kappa shape index (κ2) is 9.04. The molecule has 0 amide bonds. The lowest BCUT2D eigenvalue weighted by atomic mass is 9.99. The lowest BCUT2D eigenvalue weighted by Gasteiger charge is -2.17. The topological polar surface area (TPSA) is 115 Å². The van der Waals surface area contributed by atoms with Gasteiger partial charge in [0.2, 0.25) is 5.75 Å². The second-order valence-electron chi connectivity index (χ2n) is 6.94. The number of aromatic nitrogens is 1. The van der Waals surface area contributed by atoms with Gasteiger partial charge in [-0.25, -0.2) is 0 Å². The van der Waals surface area contributed by atoms with Gasteiger partial charge in [0.15, 0.2) is 11.5 Å². The number of methoxy groups -OCH3 is 2. The Hall–Kier alpha value is -3.09. The number of ether oxygens (including phenoxy) is 2. The summed E-state index contributed by atoms with van der Waals surface area (Å²) in [7, 11) is -3.62. The lowest BCUT2D eigenvalue weighted by Crippen LogP contribution is -2.28. The van der Waals surface area contributed by atoms with Crippen LogP contribution in [-0.2, 0) is 23.3 Å². The highest BCUT2D eigenvalue weighted by Gasteiger charge is 2.49. The fourth-order valence-electron chi connectivity index (χ4n) is 3.31. The van der Waals surface area contributed by atoms with E-state index in [2.05, 4.69) is 9.17 Å². The Labute approximate surface area is 187 Å². The van der Waals surface area contributed by atoms with E-state index >= 15 is 0 Å². The molecule has 3 aromatic rings.